The van der Waals surface area contributed by atoms with Crippen LogP contribution in [0.4, 0.5) is 0 Å². The second-order valence-electron chi connectivity index (χ2n) is 6.69. The molecule has 0 aliphatic carbocycles. The van der Waals surface area contributed by atoms with Crippen molar-refractivity contribution in [2.45, 2.75) is 26.3 Å². The summed E-state index contributed by atoms with van der Waals surface area (Å²) < 4.78 is 11.5. The van der Waals surface area contributed by atoms with E-state index in [0.29, 0.717) is 23.1 Å². The van der Waals surface area contributed by atoms with Gasteiger partial charge in [-0.05, 0) is 23.6 Å². The van der Waals surface area contributed by atoms with E-state index in [4.69, 9.17) is 20.8 Å². The second kappa shape index (κ2) is 7.14. The monoisotopic (exact) mass is 370 g/mol. The van der Waals surface area contributed by atoms with E-state index in [0.717, 1.165) is 42.4 Å². The number of benzene rings is 2. The number of halogens is 1. The summed E-state index contributed by atoms with van der Waals surface area (Å²) in [5, 5.41) is 1.49. The number of nitrogens with one attached hydrogen (secondary N) is 1. The molecule has 0 saturated carbocycles. The Labute approximate surface area is 156 Å². The first kappa shape index (κ1) is 17.1. The molecule has 0 amide bonds. The fourth-order valence-electron chi connectivity index (χ4n) is 3.58. The van der Waals surface area contributed by atoms with Crippen LogP contribution in [0.25, 0.3) is 11.0 Å². The third-order valence-corrected chi connectivity index (χ3v) is 5.24. The van der Waals surface area contributed by atoms with Crippen LogP contribution in [0.1, 0.15) is 23.6 Å². The SMILES string of the molecule is CCc1cc(=O)oc2c3c(c(Cl)cc12)OC[NH+](CCc1ccccc1)C3. The largest absolute Gasteiger partial charge is 0.443 e. The van der Waals surface area contributed by atoms with Crippen molar-refractivity contribution in [3.05, 3.63) is 74.6 Å². The number of quaternary nitrogens is 1. The molecule has 1 aliphatic rings. The first-order chi connectivity index (χ1) is 12.7. The van der Waals surface area contributed by atoms with Crippen LogP contribution in [0.3, 0.4) is 0 Å². The normalized spacial score (nSPS) is 16.3. The molecule has 2 heterocycles. The molecule has 0 bridgehead atoms. The summed E-state index contributed by atoms with van der Waals surface area (Å²) in [4.78, 5) is 13.3. The summed E-state index contributed by atoms with van der Waals surface area (Å²) in [6.07, 6.45) is 1.72. The third kappa shape index (κ3) is 3.22. The van der Waals surface area contributed by atoms with Crippen LogP contribution in [-0.4, -0.2) is 13.3 Å². The molecule has 5 heteroatoms. The van der Waals surface area contributed by atoms with Gasteiger partial charge in [-0.2, -0.15) is 0 Å². The highest BCUT2D eigenvalue weighted by Gasteiger charge is 2.27. The predicted octanol–water partition coefficient (Wildman–Crippen LogP) is 2.99. The van der Waals surface area contributed by atoms with Gasteiger partial charge in [-0.1, -0.05) is 48.9 Å². The molecule has 0 fully saturated rings. The minimum Gasteiger partial charge on any atom is -0.443 e. The molecule has 134 valence electrons. The maximum atomic E-state index is 12.0. The summed E-state index contributed by atoms with van der Waals surface area (Å²) in [7, 11) is 0. The van der Waals surface area contributed by atoms with Gasteiger partial charge in [0.05, 0.1) is 17.1 Å². The van der Waals surface area contributed by atoms with E-state index >= 15 is 0 Å². The standard InChI is InChI=1S/C21H20ClNO3/c1-2-15-10-19(24)26-20-16(15)11-18(22)21-17(20)12-23(13-25-21)9-8-14-6-4-3-5-7-14/h3-7,10-11H,2,8-9,12-13H2,1H3/p+1. The summed E-state index contributed by atoms with van der Waals surface area (Å²) in [5.41, 5.74) is 3.45. The average molecular weight is 371 g/mol. The number of hydrogen-bond donors (Lipinski definition) is 1. The van der Waals surface area contributed by atoms with Crippen LogP contribution in [0.15, 0.2) is 51.7 Å². The molecule has 4 nitrogen and oxygen atoms in total. The Morgan fingerprint density at radius 2 is 2.00 bits per heavy atom. The van der Waals surface area contributed by atoms with E-state index in [1.165, 1.54) is 10.5 Å². The van der Waals surface area contributed by atoms with Gasteiger partial charge in [0.1, 0.15) is 6.54 Å². The molecular weight excluding hydrogens is 350 g/mol. The fraction of sp³-hybridized carbons (Fsp3) is 0.286. The van der Waals surface area contributed by atoms with Gasteiger partial charge in [-0.25, -0.2) is 4.79 Å². The fourth-order valence-corrected chi connectivity index (χ4v) is 3.86. The molecule has 1 aliphatic heterocycles. The van der Waals surface area contributed by atoms with Gasteiger partial charge in [0.15, 0.2) is 11.3 Å². The Morgan fingerprint density at radius 3 is 2.77 bits per heavy atom. The zero-order chi connectivity index (χ0) is 18.1. The van der Waals surface area contributed by atoms with Gasteiger partial charge in [0.25, 0.3) is 0 Å². The maximum Gasteiger partial charge on any atom is 0.336 e. The average Bonchev–Trinajstić information content (AvgIpc) is 2.67. The van der Waals surface area contributed by atoms with Crippen molar-refractivity contribution in [2.75, 3.05) is 13.3 Å². The van der Waals surface area contributed by atoms with Crippen LogP contribution >= 0.6 is 11.6 Å². The molecule has 0 saturated heterocycles. The highest BCUT2D eigenvalue weighted by Crippen LogP contribution is 2.37. The lowest BCUT2D eigenvalue weighted by Crippen LogP contribution is -3.12. The summed E-state index contributed by atoms with van der Waals surface area (Å²) >= 11 is 6.46. The molecule has 1 N–H and O–H groups in total. The molecule has 26 heavy (non-hydrogen) atoms. The third-order valence-electron chi connectivity index (χ3n) is 4.96. The van der Waals surface area contributed by atoms with Crippen molar-refractivity contribution in [2.24, 2.45) is 0 Å². The van der Waals surface area contributed by atoms with Crippen LogP contribution in [0.2, 0.25) is 5.02 Å². The topological polar surface area (TPSA) is 43.9 Å². The molecular formula is C21H21ClNO3+. The lowest BCUT2D eigenvalue weighted by Gasteiger charge is -2.27. The lowest BCUT2D eigenvalue weighted by atomic mass is 10.0. The van der Waals surface area contributed by atoms with Crippen molar-refractivity contribution < 1.29 is 14.1 Å². The minimum absolute atomic E-state index is 0.324. The smallest absolute Gasteiger partial charge is 0.336 e. The number of fused-ring (bicyclic) bond motifs is 3. The Morgan fingerprint density at radius 1 is 1.19 bits per heavy atom. The van der Waals surface area contributed by atoms with E-state index in [1.54, 1.807) is 6.07 Å². The van der Waals surface area contributed by atoms with E-state index in [9.17, 15) is 4.79 Å². The van der Waals surface area contributed by atoms with Gasteiger partial charge < -0.3 is 9.15 Å². The maximum absolute atomic E-state index is 12.0. The van der Waals surface area contributed by atoms with Crippen LogP contribution < -0.4 is 15.3 Å². The Hall–Kier alpha value is -2.30. The highest BCUT2D eigenvalue weighted by atomic mass is 35.5. The molecule has 0 radical (unpaired) electrons. The quantitative estimate of drug-likeness (QED) is 0.718. The number of aryl methyl sites for hydroxylation is 1. The molecule has 1 unspecified atom stereocenters. The number of hydrogen-bond acceptors (Lipinski definition) is 3. The van der Waals surface area contributed by atoms with E-state index in [1.807, 2.05) is 19.1 Å². The van der Waals surface area contributed by atoms with Gasteiger partial charge in [-0.15, -0.1) is 0 Å². The van der Waals surface area contributed by atoms with Crippen molar-refractivity contribution in [3.8, 4) is 5.75 Å². The van der Waals surface area contributed by atoms with E-state index in [-0.39, 0.29) is 5.63 Å². The molecule has 3 aromatic rings. The number of rotatable bonds is 4. The molecule has 0 spiro atoms. The van der Waals surface area contributed by atoms with Crippen LogP contribution in [0, 0.1) is 0 Å². The zero-order valence-corrected chi connectivity index (χ0v) is 15.4. The first-order valence-corrected chi connectivity index (χ1v) is 9.32. The van der Waals surface area contributed by atoms with Crippen molar-refractivity contribution in [3.63, 3.8) is 0 Å². The van der Waals surface area contributed by atoms with Crippen molar-refractivity contribution >= 4 is 22.6 Å². The number of ether oxygens (including phenoxy) is 1. The minimum atomic E-state index is -0.324. The Balaban J connectivity index is 1.68. The Bertz CT molecular complexity index is 998. The predicted molar refractivity (Wildman–Crippen MR) is 102 cm³/mol. The van der Waals surface area contributed by atoms with Gasteiger partial charge in [0.2, 0.25) is 6.73 Å². The Kier molecular flexibility index (Phi) is 4.70. The molecule has 4 rings (SSSR count). The first-order valence-electron chi connectivity index (χ1n) is 8.94. The van der Waals surface area contributed by atoms with Gasteiger partial charge >= 0.3 is 5.63 Å². The van der Waals surface area contributed by atoms with E-state index in [2.05, 4.69) is 24.3 Å². The van der Waals surface area contributed by atoms with Crippen molar-refractivity contribution in [1.82, 2.24) is 0 Å². The summed E-state index contributed by atoms with van der Waals surface area (Å²) in [6, 6.07) is 13.8. The van der Waals surface area contributed by atoms with E-state index < -0.39 is 0 Å². The highest BCUT2D eigenvalue weighted by molar-refractivity contribution is 6.33. The van der Waals surface area contributed by atoms with Crippen molar-refractivity contribution in [1.29, 1.82) is 0 Å². The second-order valence-corrected chi connectivity index (χ2v) is 7.10. The van der Waals surface area contributed by atoms with Crippen LogP contribution in [-0.2, 0) is 19.4 Å². The molecule has 1 atom stereocenters. The lowest BCUT2D eigenvalue weighted by molar-refractivity contribution is -0.932. The zero-order valence-electron chi connectivity index (χ0n) is 14.7. The molecule has 2 aromatic carbocycles. The summed E-state index contributed by atoms with van der Waals surface area (Å²) in [6.45, 7) is 4.25. The van der Waals surface area contributed by atoms with Gasteiger partial charge in [0, 0.05) is 17.9 Å². The molecule has 1 aromatic heterocycles. The van der Waals surface area contributed by atoms with Crippen LogP contribution in [0.5, 0.6) is 5.75 Å². The van der Waals surface area contributed by atoms with Gasteiger partial charge in [-0.3, -0.25) is 4.90 Å². The summed E-state index contributed by atoms with van der Waals surface area (Å²) in [5.74, 6) is 0.652.